The number of ether oxygens (including phenoxy) is 2. The maximum absolute atomic E-state index is 13.3. The quantitative estimate of drug-likeness (QED) is 0.615. The van der Waals surface area contributed by atoms with Crippen molar-refractivity contribution in [3.63, 3.8) is 0 Å². The number of thioether (sulfide) groups is 4. The van der Waals surface area contributed by atoms with Crippen molar-refractivity contribution < 1.29 is 19.1 Å². The Balaban J connectivity index is 1.82. The van der Waals surface area contributed by atoms with Crippen molar-refractivity contribution in [1.29, 1.82) is 0 Å². The molecule has 3 saturated carbocycles. The zero-order chi connectivity index (χ0) is 18.5. The molecule has 5 fully saturated rings. The van der Waals surface area contributed by atoms with Crippen LogP contribution in [0, 0.1) is 10.8 Å². The average molecular weight is 435 g/mol. The molecule has 146 valence electrons. The van der Waals surface area contributed by atoms with Crippen LogP contribution in [-0.4, -0.2) is 56.3 Å². The van der Waals surface area contributed by atoms with Crippen molar-refractivity contribution in [2.45, 2.75) is 47.7 Å². The number of carbonyl (C=O) groups is 2. The predicted molar refractivity (Wildman–Crippen MR) is 112 cm³/mol. The minimum atomic E-state index is -0.479. The van der Waals surface area contributed by atoms with Crippen LogP contribution in [0.1, 0.15) is 39.5 Å². The van der Waals surface area contributed by atoms with Gasteiger partial charge in [-0.15, -0.1) is 47.0 Å². The van der Waals surface area contributed by atoms with Crippen LogP contribution >= 0.6 is 47.0 Å². The van der Waals surface area contributed by atoms with Crippen molar-refractivity contribution in [3.8, 4) is 0 Å². The fourth-order valence-corrected chi connectivity index (χ4v) is 13.1. The Morgan fingerprint density at radius 3 is 1.38 bits per heavy atom. The number of fused-ring (bicyclic) bond motifs is 1. The van der Waals surface area contributed by atoms with E-state index in [0.717, 1.165) is 48.7 Å². The zero-order valence-electron chi connectivity index (χ0n) is 15.3. The summed E-state index contributed by atoms with van der Waals surface area (Å²) >= 11 is 7.58. The highest BCUT2D eigenvalue weighted by molar-refractivity contribution is 8.22. The van der Waals surface area contributed by atoms with Gasteiger partial charge in [0, 0.05) is 23.0 Å². The molecular weight excluding hydrogens is 408 g/mol. The van der Waals surface area contributed by atoms with Crippen molar-refractivity contribution in [1.82, 2.24) is 0 Å². The minimum Gasteiger partial charge on any atom is -0.465 e. The first-order valence-corrected chi connectivity index (χ1v) is 13.3. The van der Waals surface area contributed by atoms with E-state index < -0.39 is 10.8 Å². The second-order valence-corrected chi connectivity index (χ2v) is 13.5. The van der Waals surface area contributed by atoms with E-state index >= 15 is 0 Å². The Labute approximate surface area is 172 Å². The highest BCUT2D eigenvalue weighted by atomic mass is 32.2. The number of carbonyl (C=O) groups excluding carboxylic acids is 2. The molecule has 5 aliphatic rings. The molecule has 0 radical (unpaired) electrons. The van der Waals surface area contributed by atoms with Gasteiger partial charge in [-0.05, 0) is 39.5 Å². The summed E-state index contributed by atoms with van der Waals surface area (Å²) in [7, 11) is 0. The van der Waals surface area contributed by atoms with Gasteiger partial charge in [0.25, 0.3) is 0 Å². The van der Waals surface area contributed by atoms with Gasteiger partial charge in [-0.25, -0.2) is 0 Å². The van der Waals surface area contributed by atoms with Crippen LogP contribution < -0.4 is 0 Å². The maximum Gasteiger partial charge on any atom is 0.314 e. The average Bonchev–Trinajstić information content (AvgIpc) is 3.28. The molecule has 5 rings (SSSR count). The Morgan fingerprint density at radius 1 is 0.731 bits per heavy atom. The monoisotopic (exact) mass is 434 g/mol. The molecule has 0 unspecified atom stereocenters. The van der Waals surface area contributed by atoms with Crippen LogP contribution in [0.2, 0.25) is 0 Å². The molecule has 2 heterocycles. The first-order valence-electron chi connectivity index (χ1n) is 9.40. The molecule has 2 atom stereocenters. The fourth-order valence-electron chi connectivity index (χ4n) is 5.25. The van der Waals surface area contributed by atoms with E-state index in [9.17, 15) is 9.59 Å². The lowest BCUT2D eigenvalue weighted by molar-refractivity contribution is -0.178. The largest absolute Gasteiger partial charge is 0.465 e. The SMILES string of the molecule is CCOC(=O)[C@@]12CC[C@](C(=O)OCC)(CC13SCCS3)C1(C2)SCCS1. The number of esters is 2. The smallest absolute Gasteiger partial charge is 0.314 e. The summed E-state index contributed by atoms with van der Waals surface area (Å²) in [6.07, 6.45) is 2.97. The minimum absolute atomic E-state index is 0.0356. The van der Waals surface area contributed by atoms with Gasteiger partial charge in [0.15, 0.2) is 0 Å². The molecule has 8 heteroatoms. The van der Waals surface area contributed by atoms with Crippen LogP contribution in [0.5, 0.6) is 0 Å². The first-order chi connectivity index (χ1) is 12.5. The second kappa shape index (κ2) is 6.99. The third kappa shape index (κ3) is 2.47. The summed E-state index contributed by atoms with van der Waals surface area (Å²) in [6, 6.07) is 0. The summed E-state index contributed by atoms with van der Waals surface area (Å²) < 4.78 is 10.8. The van der Waals surface area contributed by atoms with Gasteiger partial charge >= 0.3 is 11.9 Å². The van der Waals surface area contributed by atoms with Gasteiger partial charge in [-0.3, -0.25) is 9.59 Å². The summed E-state index contributed by atoms with van der Waals surface area (Å²) in [5, 5.41) is 0. The third-order valence-corrected chi connectivity index (χ3v) is 13.9. The Bertz CT molecular complexity index is 548. The van der Waals surface area contributed by atoms with Gasteiger partial charge in [0.2, 0.25) is 0 Å². The lowest BCUT2D eigenvalue weighted by Gasteiger charge is -2.65. The van der Waals surface area contributed by atoms with Gasteiger partial charge in [-0.1, -0.05) is 0 Å². The molecule has 2 saturated heterocycles. The highest BCUT2D eigenvalue weighted by Crippen LogP contribution is 2.79. The summed E-state index contributed by atoms with van der Waals surface area (Å²) in [6.45, 7) is 4.61. The van der Waals surface area contributed by atoms with Gasteiger partial charge in [0.1, 0.15) is 0 Å². The Kier molecular flexibility index (Phi) is 5.28. The van der Waals surface area contributed by atoms with E-state index in [1.165, 1.54) is 0 Å². The van der Waals surface area contributed by atoms with Crippen molar-refractivity contribution >= 4 is 59.0 Å². The molecule has 2 bridgehead atoms. The zero-order valence-corrected chi connectivity index (χ0v) is 18.6. The predicted octanol–water partition coefficient (Wildman–Crippen LogP) is 4.03. The van der Waals surface area contributed by atoms with Crippen LogP contribution in [0.25, 0.3) is 0 Å². The topological polar surface area (TPSA) is 52.6 Å². The van der Waals surface area contributed by atoms with Crippen molar-refractivity contribution in [2.75, 3.05) is 36.2 Å². The molecule has 26 heavy (non-hydrogen) atoms. The van der Waals surface area contributed by atoms with Gasteiger partial charge < -0.3 is 9.47 Å². The first kappa shape index (κ1) is 19.6. The van der Waals surface area contributed by atoms with Crippen LogP contribution in [0.15, 0.2) is 0 Å². The van der Waals surface area contributed by atoms with Gasteiger partial charge in [0.05, 0.1) is 32.2 Å². The highest BCUT2D eigenvalue weighted by Gasteiger charge is 2.78. The molecule has 2 spiro atoms. The number of hydrogen-bond acceptors (Lipinski definition) is 8. The number of rotatable bonds is 4. The van der Waals surface area contributed by atoms with Crippen molar-refractivity contribution in [3.05, 3.63) is 0 Å². The van der Waals surface area contributed by atoms with E-state index in [4.69, 9.17) is 9.47 Å². The van der Waals surface area contributed by atoms with Crippen LogP contribution in [-0.2, 0) is 19.1 Å². The van der Waals surface area contributed by atoms with Gasteiger partial charge in [-0.2, -0.15) is 0 Å². The van der Waals surface area contributed by atoms with E-state index in [1.807, 2.05) is 60.9 Å². The molecular formula is C18H26O4S4. The van der Waals surface area contributed by atoms with E-state index in [1.54, 1.807) is 0 Å². The molecule has 0 aromatic heterocycles. The standard InChI is InChI=1S/C18H26O4S4/c1-3-21-13(19)15-5-6-16(14(20)22-4-2,12-17(15)23-7-8-24-17)18(11-15)25-9-10-26-18/h3-12H2,1-2H3/t15-,16+. The molecule has 4 nitrogen and oxygen atoms in total. The van der Waals surface area contributed by atoms with E-state index in [-0.39, 0.29) is 20.1 Å². The van der Waals surface area contributed by atoms with Crippen LogP contribution in [0.4, 0.5) is 0 Å². The second-order valence-electron chi connectivity index (χ2n) is 7.36. The summed E-state index contributed by atoms with van der Waals surface area (Å²) in [4.78, 5) is 26.6. The number of hydrogen-bond donors (Lipinski definition) is 0. The van der Waals surface area contributed by atoms with E-state index in [2.05, 4.69) is 0 Å². The molecule has 3 aliphatic carbocycles. The lowest BCUT2D eigenvalue weighted by atomic mass is 9.52. The fraction of sp³-hybridized carbons (Fsp3) is 0.889. The molecule has 2 aliphatic heterocycles. The van der Waals surface area contributed by atoms with E-state index in [0.29, 0.717) is 13.2 Å². The lowest BCUT2D eigenvalue weighted by Crippen LogP contribution is -2.69. The summed E-state index contributed by atoms with van der Waals surface area (Å²) in [5.41, 5.74) is -0.957. The summed E-state index contributed by atoms with van der Waals surface area (Å²) in [5.74, 6) is 4.09. The molecule has 0 aromatic rings. The molecule has 0 amide bonds. The van der Waals surface area contributed by atoms with Crippen molar-refractivity contribution in [2.24, 2.45) is 10.8 Å². The molecule has 0 aromatic carbocycles. The van der Waals surface area contributed by atoms with Crippen LogP contribution in [0.3, 0.4) is 0 Å². The Morgan fingerprint density at radius 2 is 1.08 bits per heavy atom. The molecule has 0 N–H and O–H groups in total. The normalized spacial score (nSPS) is 36.5. The maximum atomic E-state index is 13.3. The third-order valence-electron chi connectivity index (χ3n) is 6.35. The Hall–Kier alpha value is 0.340.